The normalized spacial score (nSPS) is 9.62. The van der Waals surface area contributed by atoms with Crippen molar-refractivity contribution in [3.8, 4) is 5.88 Å². The van der Waals surface area contributed by atoms with Gasteiger partial charge in [0, 0.05) is 5.16 Å². The average Bonchev–Trinajstić information content (AvgIpc) is 2.03. The molecule has 0 aliphatic carbocycles. The molecule has 0 atom stereocenters. The Morgan fingerprint density at radius 3 is 2.92 bits per heavy atom. The van der Waals surface area contributed by atoms with Crippen molar-refractivity contribution in [1.82, 2.24) is 9.97 Å². The van der Waals surface area contributed by atoms with Gasteiger partial charge in [0.2, 0.25) is 0 Å². The van der Waals surface area contributed by atoms with Crippen molar-refractivity contribution in [2.45, 2.75) is 12.1 Å². The highest BCUT2D eigenvalue weighted by atomic mass is 32.1. The highest BCUT2D eigenvalue weighted by Crippen LogP contribution is 2.05. The molecule has 0 amide bonds. The van der Waals surface area contributed by atoms with Gasteiger partial charge < -0.3 is 22.5 Å². The third kappa shape index (κ3) is 2.51. The molecule has 0 radical (unpaired) electrons. The van der Waals surface area contributed by atoms with E-state index in [0.29, 0.717) is 0 Å². The third-order valence-corrected chi connectivity index (χ3v) is 1.35. The summed E-state index contributed by atoms with van der Waals surface area (Å²) in [5, 5.41) is 10.7. The summed E-state index contributed by atoms with van der Waals surface area (Å²) in [7, 11) is 0. The smallest absolute Gasteiger partial charge is 0.356 e. The van der Waals surface area contributed by atoms with E-state index in [1.54, 1.807) is 6.92 Å². The second-order valence-corrected chi connectivity index (χ2v) is 2.46. The number of esters is 1. The molecule has 1 heterocycles. The fourth-order valence-corrected chi connectivity index (χ4v) is 0.902. The van der Waals surface area contributed by atoms with Gasteiger partial charge in [-0.15, -0.1) is 0 Å². The molecule has 0 aromatic carbocycles. The first-order chi connectivity index (χ1) is 6.13. The topological polar surface area (TPSA) is 75.1 Å². The van der Waals surface area contributed by atoms with Crippen LogP contribution in [0.3, 0.4) is 0 Å². The fraction of sp³-hybridized carbons (Fsp3) is 0.286. The molecule has 0 aliphatic rings. The van der Waals surface area contributed by atoms with Crippen LogP contribution in [0.2, 0.25) is 0 Å². The van der Waals surface area contributed by atoms with Crippen molar-refractivity contribution < 1.29 is 14.6 Å². The Morgan fingerprint density at radius 2 is 2.38 bits per heavy atom. The summed E-state index contributed by atoms with van der Waals surface area (Å²) in [5.41, 5.74) is -0.0909. The zero-order valence-electron chi connectivity index (χ0n) is 6.81. The van der Waals surface area contributed by atoms with Crippen LogP contribution in [-0.2, 0) is 17.4 Å². The predicted molar refractivity (Wildman–Crippen MR) is 43.1 cm³/mol. The Bertz CT molecular complexity index is 309. The van der Waals surface area contributed by atoms with Crippen LogP contribution < -0.4 is 5.11 Å². The Morgan fingerprint density at radius 1 is 1.69 bits per heavy atom. The third-order valence-electron chi connectivity index (χ3n) is 1.17. The molecule has 5 nitrogen and oxygen atoms in total. The first kappa shape index (κ1) is 9.66. The van der Waals surface area contributed by atoms with E-state index in [-0.39, 0.29) is 17.5 Å². The van der Waals surface area contributed by atoms with Gasteiger partial charge in [-0.1, -0.05) is 0 Å². The summed E-state index contributed by atoms with van der Waals surface area (Å²) in [6, 6.07) is 0.994. The minimum atomic E-state index is -0.659. The summed E-state index contributed by atoms with van der Waals surface area (Å²) >= 11 is 4.56. The molecule has 0 saturated heterocycles. The number of carbonyl (C=O) groups excluding carboxylic acids is 1. The van der Waals surface area contributed by atoms with E-state index < -0.39 is 11.8 Å². The molecule has 0 unspecified atom stereocenters. The summed E-state index contributed by atoms with van der Waals surface area (Å²) < 4.78 is 4.62. The zero-order valence-corrected chi connectivity index (χ0v) is 7.63. The molecule has 0 spiro atoms. The lowest BCUT2D eigenvalue weighted by molar-refractivity contribution is -0.275. The van der Waals surface area contributed by atoms with Crippen molar-refractivity contribution >= 4 is 18.6 Å². The minimum absolute atomic E-state index is 0.0909. The molecular formula is C7H6N2O3S-2. The molecule has 70 valence electrons. The molecule has 0 N–H and O–H groups in total. The van der Waals surface area contributed by atoms with Crippen LogP contribution >= 0.6 is 0 Å². The van der Waals surface area contributed by atoms with E-state index in [4.69, 9.17) is 0 Å². The molecule has 0 fully saturated rings. The summed E-state index contributed by atoms with van der Waals surface area (Å²) in [4.78, 5) is 18.0. The lowest BCUT2D eigenvalue weighted by atomic mass is 10.4. The van der Waals surface area contributed by atoms with Crippen LogP contribution in [-0.4, -0.2) is 22.5 Å². The summed E-state index contributed by atoms with van der Waals surface area (Å²) in [6.45, 7) is 1.88. The quantitative estimate of drug-likeness (QED) is 0.367. The molecule has 1 aromatic rings. The van der Waals surface area contributed by atoms with E-state index in [1.807, 2.05) is 0 Å². The van der Waals surface area contributed by atoms with Crippen molar-refractivity contribution in [2.24, 2.45) is 0 Å². The van der Waals surface area contributed by atoms with Crippen molar-refractivity contribution in [3.05, 3.63) is 11.8 Å². The fourth-order valence-electron chi connectivity index (χ4n) is 0.713. The van der Waals surface area contributed by atoms with Gasteiger partial charge in [-0.3, -0.25) is 9.97 Å². The SMILES string of the molecule is CCOC(=O)c1cc([O-])nc([S-])n1. The number of hydrogen-bond acceptors (Lipinski definition) is 6. The van der Waals surface area contributed by atoms with Crippen LogP contribution in [0.15, 0.2) is 11.2 Å². The Labute approximate surface area is 80.2 Å². The molecule has 0 bridgehead atoms. The first-order valence-corrected chi connectivity index (χ1v) is 3.94. The number of rotatable bonds is 2. The lowest BCUT2D eigenvalue weighted by Gasteiger charge is -2.11. The molecule has 1 aromatic heterocycles. The molecule has 0 aliphatic heterocycles. The highest BCUT2D eigenvalue weighted by molar-refractivity contribution is 7.58. The van der Waals surface area contributed by atoms with Crippen LogP contribution in [0.4, 0.5) is 0 Å². The number of ether oxygens (including phenoxy) is 1. The molecule has 1 rings (SSSR count). The van der Waals surface area contributed by atoms with Crippen molar-refractivity contribution in [2.75, 3.05) is 6.61 Å². The first-order valence-electron chi connectivity index (χ1n) is 3.53. The second-order valence-electron chi connectivity index (χ2n) is 2.09. The maximum atomic E-state index is 11.1. The van der Waals surface area contributed by atoms with Gasteiger partial charge >= 0.3 is 5.97 Å². The van der Waals surface area contributed by atoms with Crippen molar-refractivity contribution in [3.63, 3.8) is 0 Å². The van der Waals surface area contributed by atoms with Crippen LogP contribution in [0.5, 0.6) is 5.88 Å². The van der Waals surface area contributed by atoms with Gasteiger partial charge in [-0.05, 0) is 18.9 Å². The van der Waals surface area contributed by atoms with E-state index in [0.717, 1.165) is 6.07 Å². The van der Waals surface area contributed by atoms with Gasteiger partial charge in [0.15, 0.2) is 0 Å². The Kier molecular flexibility index (Phi) is 2.97. The van der Waals surface area contributed by atoms with E-state index in [2.05, 4.69) is 27.3 Å². The van der Waals surface area contributed by atoms with Crippen LogP contribution in [0.1, 0.15) is 17.4 Å². The standard InChI is InChI=1S/C7H8N2O3S/c1-2-12-6(11)4-3-5(10)9-7(13)8-4/h3H,2H2,1H3,(H2,8,9,10,13)/p-2. The summed E-state index contributed by atoms with van der Waals surface area (Å²) in [6.07, 6.45) is 0. The van der Waals surface area contributed by atoms with Crippen molar-refractivity contribution in [1.29, 1.82) is 0 Å². The van der Waals surface area contributed by atoms with Gasteiger partial charge in [0.1, 0.15) is 5.69 Å². The molecule has 6 heteroatoms. The van der Waals surface area contributed by atoms with Gasteiger partial charge in [0.05, 0.1) is 6.61 Å². The predicted octanol–water partition coefficient (Wildman–Crippen LogP) is -0.367. The Balaban J connectivity index is 2.94. The average molecular weight is 198 g/mol. The van der Waals surface area contributed by atoms with E-state index in [1.165, 1.54) is 0 Å². The number of aromatic nitrogens is 2. The zero-order chi connectivity index (χ0) is 9.84. The van der Waals surface area contributed by atoms with Gasteiger partial charge in [-0.25, -0.2) is 4.79 Å². The summed E-state index contributed by atoms with van der Waals surface area (Å²) in [5.74, 6) is -1.24. The largest absolute Gasteiger partial charge is 0.859 e. The molecular weight excluding hydrogens is 192 g/mol. The number of nitrogens with zero attached hydrogens (tertiary/aromatic N) is 2. The number of carbonyl (C=O) groups is 1. The minimum Gasteiger partial charge on any atom is -0.859 e. The van der Waals surface area contributed by atoms with Gasteiger partial charge in [0.25, 0.3) is 0 Å². The second kappa shape index (κ2) is 3.99. The number of hydrogen-bond donors (Lipinski definition) is 0. The molecule has 13 heavy (non-hydrogen) atoms. The lowest BCUT2D eigenvalue weighted by Crippen LogP contribution is -2.10. The Hall–Kier alpha value is -1.43. The maximum Gasteiger partial charge on any atom is 0.356 e. The van der Waals surface area contributed by atoms with E-state index >= 15 is 0 Å². The van der Waals surface area contributed by atoms with Crippen LogP contribution in [0.25, 0.3) is 0 Å². The maximum absolute atomic E-state index is 11.1. The van der Waals surface area contributed by atoms with Gasteiger partial charge in [-0.2, -0.15) is 0 Å². The van der Waals surface area contributed by atoms with E-state index in [9.17, 15) is 9.90 Å². The highest BCUT2D eigenvalue weighted by Gasteiger charge is 2.06. The van der Waals surface area contributed by atoms with Crippen LogP contribution in [0, 0.1) is 0 Å². The molecule has 0 saturated carbocycles. The monoisotopic (exact) mass is 198 g/mol.